The predicted octanol–water partition coefficient (Wildman–Crippen LogP) is 5.00. The summed E-state index contributed by atoms with van der Waals surface area (Å²) in [5.74, 6) is -0.707. The molecule has 2 atom stereocenters. The van der Waals surface area contributed by atoms with Crippen LogP contribution in [0.5, 0.6) is 0 Å². The molecule has 4 rings (SSSR count). The zero-order valence-electron chi connectivity index (χ0n) is 18.2. The maximum Gasteiger partial charge on any atom is 0.336 e. The van der Waals surface area contributed by atoms with Gasteiger partial charge in [0.15, 0.2) is 5.78 Å². The summed E-state index contributed by atoms with van der Waals surface area (Å²) in [5.41, 5.74) is 4.82. The molecular formula is C26H26BrNO4. The number of carbonyl (C=O) groups is 2. The van der Waals surface area contributed by atoms with E-state index in [0.29, 0.717) is 24.2 Å². The van der Waals surface area contributed by atoms with Crippen molar-refractivity contribution in [3.8, 4) is 0 Å². The molecular weight excluding hydrogens is 470 g/mol. The number of esters is 1. The van der Waals surface area contributed by atoms with Gasteiger partial charge in [0, 0.05) is 40.9 Å². The molecule has 2 aromatic carbocycles. The molecule has 0 amide bonds. The van der Waals surface area contributed by atoms with Gasteiger partial charge in [-0.05, 0) is 42.5 Å². The van der Waals surface area contributed by atoms with Crippen molar-refractivity contribution < 1.29 is 19.1 Å². The summed E-state index contributed by atoms with van der Waals surface area (Å²) in [6.45, 7) is 2.36. The van der Waals surface area contributed by atoms with Crippen LogP contribution in [0.4, 0.5) is 0 Å². The number of hydrogen-bond acceptors (Lipinski definition) is 5. The van der Waals surface area contributed by atoms with Gasteiger partial charge in [0.05, 0.1) is 12.2 Å². The number of halogens is 1. The molecule has 0 aromatic heterocycles. The van der Waals surface area contributed by atoms with Gasteiger partial charge in [-0.3, -0.25) is 4.79 Å². The molecule has 0 unspecified atom stereocenters. The standard InChI is InChI=1S/C26H26BrNO4/c1-16-23(26(30)32-13-12-31-2)24(18-8-10-20(27)11-9-18)25-21(28-16)14-19(15-22(25)29)17-6-4-3-5-7-17/h3-11,19,24,28H,12-15H2,1-2H3/t19-,24+/m1/s1. The van der Waals surface area contributed by atoms with Crippen LogP contribution in [-0.2, 0) is 19.1 Å². The van der Waals surface area contributed by atoms with Gasteiger partial charge in [0.2, 0.25) is 0 Å². The predicted molar refractivity (Wildman–Crippen MR) is 126 cm³/mol. The molecule has 0 saturated carbocycles. The van der Waals surface area contributed by atoms with Crippen LogP contribution in [0.15, 0.2) is 81.6 Å². The Hall–Kier alpha value is -2.70. The summed E-state index contributed by atoms with van der Waals surface area (Å²) in [4.78, 5) is 26.6. The SMILES string of the molecule is COCCOC(=O)C1=C(C)NC2=C(C(=O)C[C@H](c3ccccc3)C2)[C@H]1c1ccc(Br)cc1. The number of carbonyl (C=O) groups excluding carboxylic acids is 2. The van der Waals surface area contributed by atoms with Crippen LogP contribution in [0.2, 0.25) is 0 Å². The lowest BCUT2D eigenvalue weighted by atomic mass is 9.72. The maximum absolute atomic E-state index is 13.5. The molecule has 0 saturated heterocycles. The number of ether oxygens (including phenoxy) is 2. The molecule has 0 radical (unpaired) electrons. The fraction of sp³-hybridized carbons (Fsp3) is 0.308. The number of methoxy groups -OCH3 is 1. The van der Waals surface area contributed by atoms with E-state index < -0.39 is 11.9 Å². The molecule has 32 heavy (non-hydrogen) atoms. The first-order valence-electron chi connectivity index (χ1n) is 10.7. The third kappa shape index (κ3) is 4.57. The van der Waals surface area contributed by atoms with Crippen molar-refractivity contribution in [3.63, 3.8) is 0 Å². The Kier molecular flexibility index (Phi) is 6.92. The highest BCUT2D eigenvalue weighted by Gasteiger charge is 2.41. The van der Waals surface area contributed by atoms with Gasteiger partial charge < -0.3 is 14.8 Å². The molecule has 6 heteroatoms. The topological polar surface area (TPSA) is 64.6 Å². The Morgan fingerprint density at radius 3 is 2.44 bits per heavy atom. The molecule has 2 aromatic rings. The lowest BCUT2D eigenvalue weighted by molar-refractivity contribution is -0.140. The molecule has 0 fully saturated rings. The number of allylic oxidation sites excluding steroid dienone is 3. The van der Waals surface area contributed by atoms with Crippen LogP contribution in [0.25, 0.3) is 0 Å². The highest BCUT2D eigenvalue weighted by Crippen LogP contribution is 2.45. The molecule has 0 bridgehead atoms. The zero-order chi connectivity index (χ0) is 22.7. The molecule has 166 valence electrons. The number of dihydropyridines is 1. The highest BCUT2D eigenvalue weighted by molar-refractivity contribution is 9.10. The summed E-state index contributed by atoms with van der Waals surface area (Å²) in [7, 11) is 1.56. The van der Waals surface area contributed by atoms with Gasteiger partial charge in [-0.1, -0.05) is 58.4 Å². The van der Waals surface area contributed by atoms with Gasteiger partial charge in [-0.25, -0.2) is 4.79 Å². The van der Waals surface area contributed by atoms with Crippen molar-refractivity contribution in [1.82, 2.24) is 5.32 Å². The summed E-state index contributed by atoms with van der Waals surface area (Å²) in [5, 5.41) is 3.38. The van der Waals surface area contributed by atoms with Crippen molar-refractivity contribution >= 4 is 27.7 Å². The second-order valence-electron chi connectivity index (χ2n) is 8.11. The molecule has 1 aliphatic carbocycles. The minimum absolute atomic E-state index is 0.0650. The van der Waals surface area contributed by atoms with Gasteiger partial charge in [0.25, 0.3) is 0 Å². The molecule has 2 aliphatic rings. The second kappa shape index (κ2) is 9.84. The van der Waals surface area contributed by atoms with Crippen LogP contribution in [0.1, 0.15) is 42.7 Å². The molecule has 1 aliphatic heterocycles. The Balaban J connectivity index is 1.74. The second-order valence-corrected chi connectivity index (χ2v) is 9.02. The van der Waals surface area contributed by atoms with Crippen molar-refractivity contribution in [2.75, 3.05) is 20.3 Å². The van der Waals surface area contributed by atoms with Gasteiger partial charge in [-0.15, -0.1) is 0 Å². The van der Waals surface area contributed by atoms with Crippen molar-refractivity contribution in [1.29, 1.82) is 0 Å². The summed E-state index contributed by atoms with van der Waals surface area (Å²) < 4.78 is 11.4. The first-order chi connectivity index (χ1) is 15.5. The first kappa shape index (κ1) is 22.5. The van der Waals surface area contributed by atoms with E-state index in [1.165, 1.54) is 0 Å². The van der Waals surface area contributed by atoms with E-state index in [2.05, 4.69) is 33.4 Å². The number of Topliss-reactive ketones (excluding diaryl/α,β-unsaturated/α-hetero) is 1. The number of hydrogen-bond donors (Lipinski definition) is 1. The van der Waals surface area contributed by atoms with Crippen LogP contribution in [0, 0.1) is 0 Å². The molecule has 0 spiro atoms. The average Bonchev–Trinajstić information content (AvgIpc) is 2.79. The van der Waals surface area contributed by atoms with Crippen LogP contribution < -0.4 is 5.32 Å². The third-order valence-electron chi connectivity index (χ3n) is 6.04. The van der Waals surface area contributed by atoms with E-state index >= 15 is 0 Å². The fourth-order valence-electron chi connectivity index (χ4n) is 4.55. The van der Waals surface area contributed by atoms with Crippen molar-refractivity contribution in [3.05, 3.63) is 92.7 Å². The van der Waals surface area contributed by atoms with Gasteiger partial charge >= 0.3 is 5.97 Å². The first-order valence-corrected chi connectivity index (χ1v) is 11.5. The number of ketones is 1. The van der Waals surface area contributed by atoms with E-state index in [1.807, 2.05) is 49.4 Å². The Morgan fingerprint density at radius 2 is 1.75 bits per heavy atom. The van der Waals surface area contributed by atoms with Crippen LogP contribution >= 0.6 is 15.9 Å². The Bertz CT molecular complexity index is 1070. The van der Waals surface area contributed by atoms with E-state index in [9.17, 15) is 9.59 Å². The third-order valence-corrected chi connectivity index (χ3v) is 6.57. The average molecular weight is 496 g/mol. The number of benzene rings is 2. The lowest BCUT2D eigenvalue weighted by Crippen LogP contribution is -2.36. The molecule has 1 heterocycles. The van der Waals surface area contributed by atoms with E-state index in [-0.39, 0.29) is 18.3 Å². The maximum atomic E-state index is 13.5. The normalized spacial score (nSPS) is 20.7. The smallest absolute Gasteiger partial charge is 0.336 e. The van der Waals surface area contributed by atoms with Gasteiger partial charge in [-0.2, -0.15) is 0 Å². The molecule has 5 nitrogen and oxygen atoms in total. The largest absolute Gasteiger partial charge is 0.460 e. The summed E-state index contributed by atoms with van der Waals surface area (Å²) in [6.07, 6.45) is 1.14. The van der Waals surface area contributed by atoms with Crippen LogP contribution in [-0.4, -0.2) is 32.1 Å². The Morgan fingerprint density at radius 1 is 1.03 bits per heavy atom. The minimum Gasteiger partial charge on any atom is -0.460 e. The van der Waals surface area contributed by atoms with Crippen molar-refractivity contribution in [2.45, 2.75) is 31.6 Å². The fourth-order valence-corrected chi connectivity index (χ4v) is 4.82. The number of rotatable bonds is 6. The minimum atomic E-state index is -0.460. The quantitative estimate of drug-likeness (QED) is 0.451. The monoisotopic (exact) mass is 495 g/mol. The number of nitrogens with one attached hydrogen (secondary N) is 1. The summed E-state index contributed by atoms with van der Waals surface area (Å²) in [6, 6.07) is 17.9. The van der Waals surface area contributed by atoms with E-state index in [1.54, 1.807) is 7.11 Å². The molecule has 1 N–H and O–H groups in total. The summed E-state index contributed by atoms with van der Waals surface area (Å²) >= 11 is 3.47. The van der Waals surface area contributed by atoms with Crippen molar-refractivity contribution in [2.24, 2.45) is 0 Å². The lowest BCUT2D eigenvalue weighted by Gasteiger charge is -2.36. The van der Waals surface area contributed by atoms with E-state index in [0.717, 1.165) is 33.4 Å². The Labute approximate surface area is 196 Å². The zero-order valence-corrected chi connectivity index (χ0v) is 19.8. The van der Waals surface area contributed by atoms with E-state index in [4.69, 9.17) is 9.47 Å². The highest BCUT2D eigenvalue weighted by atomic mass is 79.9. The van der Waals surface area contributed by atoms with Crippen LogP contribution in [0.3, 0.4) is 0 Å². The van der Waals surface area contributed by atoms with Gasteiger partial charge in [0.1, 0.15) is 6.61 Å².